The van der Waals surface area contributed by atoms with Crippen LogP contribution in [0.25, 0.3) is 0 Å². The van der Waals surface area contributed by atoms with Gasteiger partial charge in [-0.05, 0) is 56.7 Å². The number of unbranched alkanes of at least 4 members (excludes halogenated alkanes) is 1. The Bertz CT molecular complexity index is 800. The van der Waals surface area contributed by atoms with Crippen molar-refractivity contribution in [3.8, 4) is 23.0 Å². The van der Waals surface area contributed by atoms with Crippen molar-refractivity contribution in [2.45, 2.75) is 77.7 Å². The molecule has 0 bridgehead atoms. The molecule has 5 heteroatoms. The van der Waals surface area contributed by atoms with Crippen molar-refractivity contribution in [1.82, 2.24) is 0 Å². The highest BCUT2D eigenvalue weighted by atomic mass is 16.5. The molecule has 4 N–H and O–H groups in total. The molecular formula is C25H36O5. The Morgan fingerprint density at radius 1 is 0.867 bits per heavy atom. The van der Waals surface area contributed by atoms with Crippen molar-refractivity contribution in [2.75, 3.05) is 6.61 Å². The van der Waals surface area contributed by atoms with Gasteiger partial charge < -0.3 is 25.2 Å². The van der Waals surface area contributed by atoms with Gasteiger partial charge in [-0.25, -0.2) is 0 Å². The van der Waals surface area contributed by atoms with Gasteiger partial charge in [-0.2, -0.15) is 0 Å². The number of phenolic OH excluding ortho intramolecular Hbond substituents is 3. The van der Waals surface area contributed by atoms with Crippen molar-refractivity contribution in [1.29, 1.82) is 0 Å². The summed E-state index contributed by atoms with van der Waals surface area (Å²) in [7, 11) is 0. The summed E-state index contributed by atoms with van der Waals surface area (Å²) in [5.41, 5.74) is 2.04. The molecule has 0 amide bonds. The van der Waals surface area contributed by atoms with Crippen LogP contribution in [0.4, 0.5) is 0 Å². The Morgan fingerprint density at radius 3 is 2.27 bits per heavy atom. The molecule has 2 aromatic rings. The molecule has 0 heterocycles. The van der Waals surface area contributed by atoms with Crippen LogP contribution in [-0.4, -0.2) is 27.0 Å². The average molecular weight is 417 g/mol. The number of benzene rings is 2. The molecule has 2 unspecified atom stereocenters. The number of aliphatic hydroxyl groups excluding tert-OH is 1. The highest BCUT2D eigenvalue weighted by Gasteiger charge is 2.18. The summed E-state index contributed by atoms with van der Waals surface area (Å²) in [6.45, 7) is 6.31. The largest absolute Gasteiger partial charge is 0.507 e. The molecule has 2 atom stereocenters. The van der Waals surface area contributed by atoms with Gasteiger partial charge in [0.15, 0.2) is 11.5 Å². The first-order valence-electron chi connectivity index (χ1n) is 11.1. The molecule has 0 saturated heterocycles. The van der Waals surface area contributed by atoms with Crippen molar-refractivity contribution >= 4 is 0 Å². The van der Waals surface area contributed by atoms with E-state index in [4.69, 9.17) is 4.74 Å². The summed E-state index contributed by atoms with van der Waals surface area (Å²) >= 11 is 0. The number of para-hydroxylation sites is 1. The summed E-state index contributed by atoms with van der Waals surface area (Å²) in [6.07, 6.45) is 5.49. The zero-order valence-corrected chi connectivity index (χ0v) is 18.4. The molecule has 2 rings (SSSR count). The molecule has 2 aromatic carbocycles. The van der Waals surface area contributed by atoms with Gasteiger partial charge in [0.2, 0.25) is 0 Å². The standard InChI is InChI=1S/C25H36O5/c1-4-6-10-18(20-12-7-13-22(27)25(20)29)11-8-16-30-23-15-14-19(17(3)26)24(28)21(23)9-5-2/h7,12-15,17-18,26-29H,4-6,8-11,16H2,1-3H3. The maximum atomic E-state index is 10.5. The lowest BCUT2D eigenvalue weighted by Crippen LogP contribution is -2.06. The van der Waals surface area contributed by atoms with E-state index in [1.54, 1.807) is 19.1 Å². The Hall–Kier alpha value is -2.40. The highest BCUT2D eigenvalue weighted by molar-refractivity contribution is 5.50. The van der Waals surface area contributed by atoms with Crippen LogP contribution in [-0.2, 0) is 6.42 Å². The molecule has 0 aliphatic carbocycles. The maximum Gasteiger partial charge on any atom is 0.160 e. The van der Waals surface area contributed by atoms with Gasteiger partial charge in [0.1, 0.15) is 11.5 Å². The van der Waals surface area contributed by atoms with Gasteiger partial charge in [0.05, 0.1) is 12.7 Å². The molecule has 0 spiro atoms. The number of rotatable bonds is 12. The Morgan fingerprint density at radius 2 is 1.60 bits per heavy atom. The van der Waals surface area contributed by atoms with Gasteiger partial charge in [0.25, 0.3) is 0 Å². The second kappa shape index (κ2) is 11.7. The predicted octanol–water partition coefficient (Wildman–Crippen LogP) is 5.94. The summed E-state index contributed by atoms with van der Waals surface area (Å²) in [5, 5.41) is 40.5. The lowest BCUT2D eigenvalue weighted by atomic mass is 9.89. The van der Waals surface area contributed by atoms with Crippen LogP contribution in [0.1, 0.15) is 88.0 Å². The number of aliphatic hydroxyl groups is 1. The summed E-state index contributed by atoms with van der Waals surface area (Å²) in [5.74, 6) is 0.826. The Kier molecular flexibility index (Phi) is 9.31. The van der Waals surface area contributed by atoms with Crippen molar-refractivity contribution in [3.05, 3.63) is 47.0 Å². The smallest absolute Gasteiger partial charge is 0.160 e. The van der Waals surface area contributed by atoms with Gasteiger partial charge in [-0.15, -0.1) is 0 Å². The zero-order valence-electron chi connectivity index (χ0n) is 18.4. The first-order chi connectivity index (χ1) is 14.4. The fourth-order valence-corrected chi connectivity index (χ4v) is 3.90. The number of aromatic hydroxyl groups is 3. The minimum absolute atomic E-state index is 0.0246. The molecule has 0 aliphatic rings. The molecule has 0 aromatic heterocycles. The number of phenols is 3. The molecule has 5 nitrogen and oxygen atoms in total. The van der Waals surface area contributed by atoms with E-state index in [1.807, 2.05) is 19.1 Å². The second-order valence-electron chi connectivity index (χ2n) is 7.95. The van der Waals surface area contributed by atoms with E-state index in [-0.39, 0.29) is 23.2 Å². The van der Waals surface area contributed by atoms with Crippen molar-refractivity contribution in [3.63, 3.8) is 0 Å². The van der Waals surface area contributed by atoms with E-state index in [1.165, 1.54) is 6.07 Å². The monoisotopic (exact) mass is 416 g/mol. The first kappa shape index (κ1) is 23.9. The topological polar surface area (TPSA) is 90.2 Å². The third-order valence-corrected chi connectivity index (χ3v) is 5.57. The van der Waals surface area contributed by atoms with Gasteiger partial charge in [-0.3, -0.25) is 0 Å². The molecule has 166 valence electrons. The van der Waals surface area contributed by atoms with E-state index < -0.39 is 6.10 Å². The van der Waals surface area contributed by atoms with Crippen molar-refractivity contribution < 1.29 is 25.2 Å². The van der Waals surface area contributed by atoms with E-state index in [0.717, 1.165) is 49.7 Å². The minimum atomic E-state index is -0.732. The molecule has 0 aliphatic heterocycles. The normalized spacial score (nSPS) is 13.2. The Balaban J connectivity index is 2.05. The van der Waals surface area contributed by atoms with Gasteiger partial charge >= 0.3 is 0 Å². The molecule has 0 fully saturated rings. The molecular weight excluding hydrogens is 380 g/mol. The summed E-state index contributed by atoms with van der Waals surface area (Å²) in [6, 6.07) is 8.68. The van der Waals surface area contributed by atoms with E-state index in [0.29, 0.717) is 24.3 Å². The quantitative estimate of drug-likeness (QED) is 0.254. The number of ether oxygens (including phenoxy) is 1. The zero-order chi connectivity index (χ0) is 22.1. The fraction of sp³-hybridized carbons (Fsp3) is 0.520. The van der Waals surface area contributed by atoms with Gasteiger partial charge in [0, 0.05) is 16.7 Å². The molecule has 0 radical (unpaired) electrons. The average Bonchev–Trinajstić information content (AvgIpc) is 2.72. The molecule has 30 heavy (non-hydrogen) atoms. The van der Waals surface area contributed by atoms with E-state index >= 15 is 0 Å². The van der Waals surface area contributed by atoms with E-state index in [2.05, 4.69) is 6.92 Å². The lowest BCUT2D eigenvalue weighted by Gasteiger charge is -2.20. The van der Waals surface area contributed by atoms with Crippen LogP contribution < -0.4 is 4.74 Å². The lowest BCUT2D eigenvalue weighted by molar-refractivity contribution is 0.194. The van der Waals surface area contributed by atoms with Crippen LogP contribution in [0.5, 0.6) is 23.0 Å². The second-order valence-corrected chi connectivity index (χ2v) is 7.95. The third kappa shape index (κ3) is 6.05. The van der Waals surface area contributed by atoms with Crippen LogP contribution in [0.3, 0.4) is 0 Å². The Labute approximate surface area is 180 Å². The van der Waals surface area contributed by atoms with Crippen LogP contribution in [0.15, 0.2) is 30.3 Å². The maximum absolute atomic E-state index is 10.5. The van der Waals surface area contributed by atoms with Crippen LogP contribution in [0, 0.1) is 0 Å². The SMILES string of the molecule is CCCCC(CCCOc1ccc(C(C)O)c(O)c1CCC)c1cccc(O)c1O. The third-order valence-electron chi connectivity index (χ3n) is 5.57. The number of hydrogen-bond acceptors (Lipinski definition) is 5. The highest BCUT2D eigenvalue weighted by Crippen LogP contribution is 2.39. The van der Waals surface area contributed by atoms with Gasteiger partial charge in [-0.1, -0.05) is 45.2 Å². The minimum Gasteiger partial charge on any atom is -0.507 e. The van der Waals surface area contributed by atoms with E-state index in [9.17, 15) is 20.4 Å². The van der Waals surface area contributed by atoms with Crippen LogP contribution >= 0.6 is 0 Å². The predicted molar refractivity (Wildman–Crippen MR) is 120 cm³/mol. The van der Waals surface area contributed by atoms with Crippen LogP contribution in [0.2, 0.25) is 0 Å². The summed E-state index contributed by atoms with van der Waals surface area (Å²) in [4.78, 5) is 0. The van der Waals surface area contributed by atoms with Crippen molar-refractivity contribution in [2.24, 2.45) is 0 Å². The summed E-state index contributed by atoms with van der Waals surface area (Å²) < 4.78 is 6.00. The number of hydrogen-bond donors (Lipinski definition) is 4. The molecule has 0 saturated carbocycles. The first-order valence-corrected chi connectivity index (χ1v) is 11.1. The fourth-order valence-electron chi connectivity index (χ4n) is 3.90.